The molecule has 0 saturated carbocycles. The molecule has 236 valence electrons. The van der Waals surface area contributed by atoms with E-state index in [1.807, 2.05) is 6.92 Å². The Morgan fingerprint density at radius 1 is 1.25 bits per heavy atom. The number of nitrogens with two attached hydrogens (primary N) is 1. The number of carbonyl (C=O) groups excluding carboxylic acids is 3. The first-order chi connectivity index (χ1) is 21.0. The fourth-order valence-corrected chi connectivity index (χ4v) is 9.17. The Kier molecular flexibility index (Phi) is 9.50. The SMILES string of the molecule is CCOC(=O)CNC(=O)CC1CN(S(=O)(=O)c2cc3cc(/C(N)=N\O)ccc3s2)CCN1C(=O)c1nc2c(s1)CNC(C)C2. The zero-order valence-electron chi connectivity index (χ0n) is 24.1. The Morgan fingerprint density at radius 3 is 2.80 bits per heavy atom. The van der Waals surface area contributed by atoms with Crippen LogP contribution in [0.5, 0.6) is 0 Å². The number of thiazole rings is 1. The second-order valence-corrected chi connectivity index (χ2v) is 14.8. The highest BCUT2D eigenvalue weighted by molar-refractivity contribution is 7.91. The van der Waals surface area contributed by atoms with Crippen LogP contribution in [-0.4, -0.2) is 96.3 Å². The first-order valence-electron chi connectivity index (χ1n) is 14.0. The van der Waals surface area contributed by atoms with Crippen molar-refractivity contribution in [3.05, 3.63) is 45.4 Å². The minimum Gasteiger partial charge on any atom is -0.465 e. The number of carbonyl (C=O) groups is 3. The third kappa shape index (κ3) is 6.71. The molecule has 44 heavy (non-hydrogen) atoms. The van der Waals surface area contributed by atoms with Crippen molar-refractivity contribution in [2.75, 3.05) is 32.8 Å². The van der Waals surface area contributed by atoms with Gasteiger partial charge in [0.25, 0.3) is 15.9 Å². The van der Waals surface area contributed by atoms with Crippen LogP contribution >= 0.6 is 22.7 Å². The normalized spacial score (nSPS) is 19.5. The first-order valence-corrected chi connectivity index (χ1v) is 17.0. The number of piperazine rings is 1. The van der Waals surface area contributed by atoms with Crippen molar-refractivity contribution >= 4 is 66.4 Å². The maximum atomic E-state index is 13.8. The molecule has 14 nitrogen and oxygen atoms in total. The van der Waals surface area contributed by atoms with Gasteiger partial charge in [-0.1, -0.05) is 5.16 Å². The van der Waals surface area contributed by atoms with E-state index in [1.165, 1.54) is 26.6 Å². The van der Waals surface area contributed by atoms with Gasteiger partial charge in [0.05, 0.1) is 18.3 Å². The number of benzene rings is 1. The van der Waals surface area contributed by atoms with E-state index in [-0.39, 0.29) is 61.2 Å². The number of thiophene rings is 1. The van der Waals surface area contributed by atoms with E-state index in [4.69, 9.17) is 15.7 Å². The van der Waals surface area contributed by atoms with Gasteiger partial charge in [0.1, 0.15) is 10.8 Å². The Labute approximate surface area is 261 Å². The largest absolute Gasteiger partial charge is 0.465 e. The van der Waals surface area contributed by atoms with Gasteiger partial charge in [-0.25, -0.2) is 13.4 Å². The number of aromatic nitrogens is 1. The Bertz CT molecular complexity index is 1720. The van der Waals surface area contributed by atoms with Gasteiger partial charge in [0.15, 0.2) is 10.8 Å². The topological polar surface area (TPSA) is 197 Å². The number of esters is 1. The second-order valence-electron chi connectivity index (χ2n) is 10.5. The molecule has 0 radical (unpaired) electrons. The molecule has 5 N–H and O–H groups in total. The molecule has 2 aromatic heterocycles. The van der Waals surface area contributed by atoms with Crippen LogP contribution in [0.3, 0.4) is 0 Å². The average Bonchev–Trinajstić information content (AvgIpc) is 3.63. The molecule has 3 aromatic rings. The summed E-state index contributed by atoms with van der Waals surface area (Å²) < 4.78 is 34.6. The van der Waals surface area contributed by atoms with Gasteiger partial charge in [-0.3, -0.25) is 14.4 Å². The van der Waals surface area contributed by atoms with Crippen molar-refractivity contribution in [3.63, 3.8) is 0 Å². The number of nitrogens with one attached hydrogen (secondary N) is 2. The summed E-state index contributed by atoms with van der Waals surface area (Å²) in [6.45, 7) is 4.07. The maximum Gasteiger partial charge on any atom is 0.325 e. The lowest BCUT2D eigenvalue weighted by molar-refractivity contribution is -0.143. The number of sulfonamides is 1. The summed E-state index contributed by atoms with van der Waals surface area (Å²) in [5, 5.41) is 18.8. The molecule has 0 aliphatic carbocycles. The fourth-order valence-electron chi connectivity index (χ4n) is 5.17. The molecule has 2 amide bonds. The predicted octanol–water partition coefficient (Wildman–Crippen LogP) is 1.07. The van der Waals surface area contributed by atoms with Crippen molar-refractivity contribution in [1.29, 1.82) is 0 Å². The summed E-state index contributed by atoms with van der Waals surface area (Å²) in [6, 6.07) is 5.91. The quantitative estimate of drug-likeness (QED) is 0.0845. The maximum absolute atomic E-state index is 13.8. The third-order valence-electron chi connectivity index (χ3n) is 7.43. The summed E-state index contributed by atoms with van der Waals surface area (Å²) in [5.74, 6) is -1.58. The van der Waals surface area contributed by atoms with Gasteiger partial charge in [-0.2, -0.15) is 4.31 Å². The molecule has 2 aliphatic rings. The van der Waals surface area contributed by atoms with E-state index in [0.717, 1.165) is 21.9 Å². The number of hydrogen-bond acceptors (Lipinski definition) is 12. The van der Waals surface area contributed by atoms with Crippen molar-refractivity contribution in [2.45, 2.75) is 49.5 Å². The number of fused-ring (bicyclic) bond motifs is 2. The number of nitrogens with zero attached hydrogens (tertiary/aromatic N) is 4. The van der Waals surface area contributed by atoms with Gasteiger partial charge in [-0.15, -0.1) is 22.7 Å². The van der Waals surface area contributed by atoms with Gasteiger partial charge >= 0.3 is 5.97 Å². The molecular formula is C27H33N7O7S3. The summed E-state index contributed by atoms with van der Waals surface area (Å²) >= 11 is 2.38. The van der Waals surface area contributed by atoms with E-state index < -0.39 is 27.9 Å². The standard InChI is InChI=1S/C27H33N7O7S3/c1-3-41-23(36)13-30-22(35)11-18-14-33(6-7-34(18)27(37)26-31-19-8-15(2)29-12-21(19)43-26)44(39,40)24-10-17-9-16(25(28)32-38)4-5-20(17)42-24/h4-5,9-10,15,18,29,38H,3,6-8,11-14H2,1-2H3,(H2,28,32)(H,30,35). The van der Waals surface area contributed by atoms with Crippen molar-refractivity contribution in [3.8, 4) is 0 Å². The minimum absolute atomic E-state index is 0.0162. The first kappa shape index (κ1) is 31.8. The Morgan fingerprint density at radius 2 is 2.05 bits per heavy atom. The molecule has 0 spiro atoms. The highest BCUT2D eigenvalue weighted by Crippen LogP contribution is 2.33. The summed E-state index contributed by atoms with van der Waals surface area (Å²) in [4.78, 5) is 45.5. The van der Waals surface area contributed by atoms with Gasteiger partial charge < -0.3 is 31.2 Å². The van der Waals surface area contributed by atoms with Crippen molar-refractivity contribution in [2.24, 2.45) is 10.9 Å². The number of rotatable bonds is 9. The number of ether oxygens (including phenoxy) is 1. The second kappa shape index (κ2) is 13.2. The number of amidine groups is 1. The van der Waals surface area contributed by atoms with Crippen LogP contribution in [0.1, 0.15) is 46.2 Å². The van der Waals surface area contributed by atoms with Crippen LogP contribution in [0.15, 0.2) is 33.6 Å². The van der Waals surface area contributed by atoms with Gasteiger partial charge in [-0.05, 0) is 43.5 Å². The van der Waals surface area contributed by atoms with Gasteiger partial charge in [0.2, 0.25) is 5.91 Å². The molecule has 2 aliphatic heterocycles. The van der Waals surface area contributed by atoms with Crippen LogP contribution in [0, 0.1) is 0 Å². The molecule has 1 aromatic carbocycles. The monoisotopic (exact) mass is 663 g/mol. The third-order valence-corrected chi connectivity index (χ3v) is 11.9. The van der Waals surface area contributed by atoms with E-state index in [1.54, 1.807) is 25.1 Å². The number of oxime groups is 1. The molecule has 5 rings (SSSR count). The lowest BCUT2D eigenvalue weighted by Gasteiger charge is -2.40. The van der Waals surface area contributed by atoms with Crippen LogP contribution in [0.4, 0.5) is 0 Å². The lowest BCUT2D eigenvalue weighted by Crippen LogP contribution is -2.57. The van der Waals surface area contributed by atoms with Crippen LogP contribution < -0.4 is 16.4 Å². The number of hydrogen-bond donors (Lipinski definition) is 4. The Balaban J connectivity index is 1.39. The fraction of sp³-hybridized carbons (Fsp3) is 0.444. The van der Waals surface area contributed by atoms with Crippen LogP contribution in [-0.2, 0) is 37.3 Å². The molecule has 1 saturated heterocycles. The number of amides is 2. The zero-order chi connectivity index (χ0) is 31.6. The smallest absolute Gasteiger partial charge is 0.325 e. The molecule has 2 unspecified atom stereocenters. The zero-order valence-corrected chi connectivity index (χ0v) is 26.6. The van der Waals surface area contributed by atoms with Crippen LogP contribution in [0.25, 0.3) is 10.1 Å². The van der Waals surface area contributed by atoms with Crippen LogP contribution in [0.2, 0.25) is 0 Å². The molecule has 2 atom stereocenters. The summed E-state index contributed by atoms with van der Waals surface area (Å²) in [7, 11) is -4.01. The molecule has 17 heteroatoms. The molecule has 1 fully saturated rings. The Hall–Kier alpha value is -3.64. The highest BCUT2D eigenvalue weighted by Gasteiger charge is 2.39. The average molecular weight is 664 g/mol. The lowest BCUT2D eigenvalue weighted by atomic mass is 10.1. The molecular weight excluding hydrogens is 631 g/mol. The van der Waals surface area contributed by atoms with Gasteiger partial charge in [0, 0.05) is 60.2 Å². The summed E-state index contributed by atoms with van der Waals surface area (Å²) in [6.07, 6.45) is 0.470. The molecule has 0 bridgehead atoms. The van der Waals surface area contributed by atoms with E-state index in [0.29, 0.717) is 33.6 Å². The van der Waals surface area contributed by atoms with E-state index >= 15 is 0 Å². The van der Waals surface area contributed by atoms with Crippen molar-refractivity contribution < 1.29 is 32.7 Å². The molecule has 4 heterocycles. The highest BCUT2D eigenvalue weighted by atomic mass is 32.2. The predicted molar refractivity (Wildman–Crippen MR) is 164 cm³/mol. The minimum atomic E-state index is -4.01. The summed E-state index contributed by atoms with van der Waals surface area (Å²) in [5.41, 5.74) is 7.01. The van der Waals surface area contributed by atoms with Crippen molar-refractivity contribution in [1.82, 2.24) is 24.8 Å². The van der Waals surface area contributed by atoms with E-state index in [9.17, 15) is 22.8 Å². The van der Waals surface area contributed by atoms with E-state index in [2.05, 4.69) is 20.8 Å².